The van der Waals surface area contributed by atoms with E-state index in [0.717, 1.165) is 12.1 Å². The van der Waals surface area contributed by atoms with E-state index >= 15 is 0 Å². The van der Waals surface area contributed by atoms with Crippen molar-refractivity contribution >= 4 is 17.3 Å². The lowest BCUT2D eigenvalue weighted by Gasteiger charge is -2.09. The summed E-state index contributed by atoms with van der Waals surface area (Å²) in [5.41, 5.74) is 5.89. The summed E-state index contributed by atoms with van der Waals surface area (Å²) < 4.78 is 13.6. The zero-order valence-corrected chi connectivity index (χ0v) is 9.80. The smallest absolute Gasteiger partial charge is 0.337 e. The first-order valence-electron chi connectivity index (χ1n) is 5.39. The number of nitrogen functional groups attached to an aromatic ring is 1. The highest BCUT2D eigenvalue weighted by Gasteiger charge is 2.13. The molecule has 0 amide bonds. The van der Waals surface area contributed by atoms with Gasteiger partial charge in [-0.05, 0) is 18.2 Å². The van der Waals surface area contributed by atoms with E-state index in [1.165, 1.54) is 6.33 Å². The predicted octanol–water partition coefficient (Wildman–Crippen LogP) is 1.51. The summed E-state index contributed by atoms with van der Waals surface area (Å²) >= 11 is 0. The van der Waals surface area contributed by atoms with E-state index in [-0.39, 0.29) is 23.5 Å². The minimum atomic E-state index is -1.21. The Balaban J connectivity index is 2.21. The summed E-state index contributed by atoms with van der Waals surface area (Å²) in [7, 11) is 0. The standard InChI is InChI=1S/C12H11FN4O2/c13-9-4-10(14)8(12(18)19)3-11(9)16-5-7-1-2-15-6-17-7/h1-4,6,16H,5,14H2,(H,18,19). The van der Waals surface area contributed by atoms with E-state index in [1.807, 2.05) is 0 Å². The molecular formula is C12H11FN4O2. The second-order valence-electron chi connectivity index (χ2n) is 3.78. The van der Waals surface area contributed by atoms with E-state index in [4.69, 9.17) is 10.8 Å². The number of rotatable bonds is 4. The number of carbonyl (C=O) groups is 1. The minimum Gasteiger partial charge on any atom is -0.478 e. The number of aromatic nitrogens is 2. The Bertz CT molecular complexity index is 604. The van der Waals surface area contributed by atoms with Gasteiger partial charge in [0.25, 0.3) is 0 Å². The van der Waals surface area contributed by atoms with E-state index in [1.54, 1.807) is 12.3 Å². The molecule has 0 spiro atoms. The first kappa shape index (κ1) is 12.7. The summed E-state index contributed by atoms with van der Waals surface area (Å²) in [6.45, 7) is 0.252. The van der Waals surface area contributed by atoms with E-state index in [0.29, 0.717) is 5.69 Å². The predicted molar refractivity (Wildman–Crippen MR) is 67.1 cm³/mol. The molecule has 1 aromatic carbocycles. The molecule has 0 radical (unpaired) electrons. The molecule has 0 bridgehead atoms. The second-order valence-corrected chi connectivity index (χ2v) is 3.78. The van der Waals surface area contributed by atoms with Crippen molar-refractivity contribution in [1.29, 1.82) is 0 Å². The summed E-state index contributed by atoms with van der Waals surface area (Å²) in [6.07, 6.45) is 2.94. The van der Waals surface area contributed by atoms with E-state index < -0.39 is 11.8 Å². The third-order valence-corrected chi connectivity index (χ3v) is 2.47. The number of nitrogens with two attached hydrogens (primary N) is 1. The fourth-order valence-electron chi connectivity index (χ4n) is 1.52. The van der Waals surface area contributed by atoms with Crippen LogP contribution in [0.4, 0.5) is 15.8 Å². The third kappa shape index (κ3) is 2.95. The number of halogens is 1. The van der Waals surface area contributed by atoms with Crippen LogP contribution in [0.25, 0.3) is 0 Å². The molecule has 0 atom stereocenters. The molecule has 1 aromatic heterocycles. The lowest BCUT2D eigenvalue weighted by molar-refractivity contribution is 0.0698. The molecule has 0 saturated heterocycles. The van der Waals surface area contributed by atoms with Gasteiger partial charge in [0.05, 0.1) is 23.5 Å². The minimum absolute atomic E-state index is 0.0604. The van der Waals surface area contributed by atoms with Gasteiger partial charge in [-0.1, -0.05) is 0 Å². The van der Waals surface area contributed by atoms with Gasteiger partial charge in [-0.3, -0.25) is 0 Å². The van der Waals surface area contributed by atoms with Crippen LogP contribution in [0.2, 0.25) is 0 Å². The number of anilines is 2. The maximum absolute atomic E-state index is 13.6. The molecule has 1 heterocycles. The average Bonchev–Trinajstić information content (AvgIpc) is 2.38. The zero-order valence-electron chi connectivity index (χ0n) is 9.80. The highest BCUT2D eigenvalue weighted by molar-refractivity contribution is 5.94. The van der Waals surface area contributed by atoms with Crippen LogP contribution in [-0.4, -0.2) is 21.0 Å². The number of hydrogen-bond donors (Lipinski definition) is 3. The first-order valence-corrected chi connectivity index (χ1v) is 5.39. The highest BCUT2D eigenvalue weighted by atomic mass is 19.1. The number of benzene rings is 1. The van der Waals surface area contributed by atoms with Crippen LogP contribution in [0.1, 0.15) is 16.1 Å². The number of aromatic carboxylic acids is 1. The lowest BCUT2D eigenvalue weighted by atomic mass is 10.1. The van der Waals surface area contributed by atoms with Crippen LogP contribution in [0.15, 0.2) is 30.7 Å². The molecule has 2 rings (SSSR count). The number of hydrogen-bond acceptors (Lipinski definition) is 5. The van der Waals surface area contributed by atoms with Gasteiger partial charge < -0.3 is 16.2 Å². The Kier molecular flexibility index (Phi) is 3.56. The Morgan fingerprint density at radius 3 is 2.89 bits per heavy atom. The molecular weight excluding hydrogens is 251 g/mol. The van der Waals surface area contributed by atoms with Gasteiger partial charge in [-0.15, -0.1) is 0 Å². The van der Waals surface area contributed by atoms with Crippen LogP contribution < -0.4 is 11.1 Å². The van der Waals surface area contributed by atoms with Gasteiger partial charge in [0, 0.05) is 11.9 Å². The summed E-state index contributed by atoms with van der Waals surface area (Å²) in [5.74, 6) is -1.82. The van der Waals surface area contributed by atoms with Gasteiger partial charge in [0.2, 0.25) is 0 Å². The first-order chi connectivity index (χ1) is 9.08. The molecule has 19 heavy (non-hydrogen) atoms. The van der Waals surface area contributed by atoms with Crippen molar-refractivity contribution in [2.45, 2.75) is 6.54 Å². The molecule has 0 aliphatic carbocycles. The van der Waals surface area contributed by atoms with Crippen molar-refractivity contribution in [1.82, 2.24) is 9.97 Å². The zero-order chi connectivity index (χ0) is 13.8. The molecule has 0 saturated carbocycles. The SMILES string of the molecule is Nc1cc(F)c(NCc2ccncn2)cc1C(=O)O. The summed E-state index contributed by atoms with van der Waals surface area (Å²) in [6, 6.07) is 3.81. The van der Waals surface area contributed by atoms with Crippen molar-refractivity contribution in [3.8, 4) is 0 Å². The molecule has 0 unspecified atom stereocenters. The van der Waals surface area contributed by atoms with Crippen LogP contribution in [0.3, 0.4) is 0 Å². The van der Waals surface area contributed by atoms with Gasteiger partial charge >= 0.3 is 5.97 Å². The monoisotopic (exact) mass is 262 g/mol. The molecule has 0 aliphatic heterocycles. The topological polar surface area (TPSA) is 101 Å². The third-order valence-electron chi connectivity index (χ3n) is 2.47. The van der Waals surface area contributed by atoms with Crippen molar-refractivity contribution < 1.29 is 14.3 Å². The lowest BCUT2D eigenvalue weighted by Crippen LogP contribution is -2.08. The Labute approximate surface area is 108 Å². The largest absolute Gasteiger partial charge is 0.478 e. The van der Waals surface area contributed by atoms with Crippen molar-refractivity contribution in [3.63, 3.8) is 0 Å². The fourth-order valence-corrected chi connectivity index (χ4v) is 1.52. The van der Waals surface area contributed by atoms with Crippen LogP contribution in [0, 0.1) is 5.82 Å². The molecule has 0 aliphatic rings. The summed E-state index contributed by atoms with van der Waals surface area (Å²) in [5, 5.41) is 11.7. The Morgan fingerprint density at radius 2 is 2.26 bits per heavy atom. The quantitative estimate of drug-likeness (QED) is 0.722. The van der Waals surface area contributed by atoms with Gasteiger partial charge in [0.1, 0.15) is 12.1 Å². The van der Waals surface area contributed by atoms with E-state index in [9.17, 15) is 9.18 Å². The summed E-state index contributed by atoms with van der Waals surface area (Å²) in [4.78, 5) is 18.6. The average molecular weight is 262 g/mol. The van der Waals surface area contributed by atoms with Crippen molar-refractivity contribution in [2.24, 2.45) is 0 Å². The maximum Gasteiger partial charge on any atom is 0.337 e. The molecule has 7 heteroatoms. The second kappa shape index (κ2) is 5.30. The van der Waals surface area contributed by atoms with Gasteiger partial charge in [-0.25, -0.2) is 19.2 Å². The molecule has 0 fully saturated rings. The fraction of sp³-hybridized carbons (Fsp3) is 0.0833. The van der Waals surface area contributed by atoms with Crippen molar-refractivity contribution in [3.05, 3.63) is 47.8 Å². The van der Waals surface area contributed by atoms with Crippen molar-refractivity contribution in [2.75, 3.05) is 11.1 Å². The number of carboxylic acids is 1. The Hall–Kier alpha value is -2.70. The van der Waals surface area contributed by atoms with E-state index in [2.05, 4.69) is 15.3 Å². The van der Waals surface area contributed by atoms with Crippen LogP contribution >= 0.6 is 0 Å². The molecule has 98 valence electrons. The number of nitrogens with one attached hydrogen (secondary N) is 1. The molecule has 6 nitrogen and oxygen atoms in total. The van der Waals surface area contributed by atoms with Gasteiger partial charge in [-0.2, -0.15) is 0 Å². The normalized spacial score (nSPS) is 10.2. The highest BCUT2D eigenvalue weighted by Crippen LogP contribution is 2.22. The van der Waals surface area contributed by atoms with Crippen LogP contribution in [0.5, 0.6) is 0 Å². The number of nitrogens with zero attached hydrogens (tertiary/aromatic N) is 2. The Morgan fingerprint density at radius 1 is 1.47 bits per heavy atom. The van der Waals surface area contributed by atoms with Gasteiger partial charge in [0.15, 0.2) is 0 Å². The number of carboxylic acid groups (broad SMARTS) is 1. The van der Waals surface area contributed by atoms with Crippen LogP contribution in [-0.2, 0) is 6.54 Å². The molecule has 4 N–H and O–H groups in total. The maximum atomic E-state index is 13.6. The molecule has 2 aromatic rings.